The van der Waals surface area contributed by atoms with Crippen LogP contribution in [0.25, 0.3) is 0 Å². The van der Waals surface area contributed by atoms with Gasteiger partial charge in [0.05, 0.1) is 7.11 Å². The van der Waals surface area contributed by atoms with E-state index in [-0.39, 0.29) is 6.04 Å². The van der Waals surface area contributed by atoms with E-state index in [9.17, 15) is 0 Å². The van der Waals surface area contributed by atoms with Crippen LogP contribution in [0.1, 0.15) is 29.7 Å². The third-order valence-corrected chi connectivity index (χ3v) is 3.59. The Bertz CT molecular complexity index is 583. The Morgan fingerprint density at radius 3 is 2.70 bits per heavy atom. The molecule has 1 atom stereocenters. The second kappa shape index (κ2) is 6.78. The second-order valence-corrected chi connectivity index (χ2v) is 5.41. The van der Waals surface area contributed by atoms with Crippen molar-refractivity contribution >= 4 is 11.6 Å². The highest BCUT2D eigenvalue weighted by molar-refractivity contribution is 6.30. The van der Waals surface area contributed by atoms with Crippen molar-refractivity contribution in [3.05, 3.63) is 64.2 Å². The number of rotatable bonds is 5. The van der Waals surface area contributed by atoms with E-state index in [4.69, 9.17) is 16.3 Å². The molecule has 0 radical (unpaired) electrons. The van der Waals surface area contributed by atoms with Crippen molar-refractivity contribution in [3.63, 3.8) is 0 Å². The lowest BCUT2D eigenvalue weighted by Gasteiger charge is -2.18. The lowest BCUT2D eigenvalue weighted by atomic mass is 10.0. The van der Waals surface area contributed by atoms with Crippen LogP contribution in [0.4, 0.5) is 0 Å². The van der Waals surface area contributed by atoms with Crippen LogP contribution in [-0.2, 0) is 6.54 Å². The number of hydrogen-bond acceptors (Lipinski definition) is 2. The molecule has 0 fully saturated rings. The van der Waals surface area contributed by atoms with Crippen molar-refractivity contribution < 1.29 is 4.74 Å². The lowest BCUT2D eigenvalue weighted by Crippen LogP contribution is -2.18. The van der Waals surface area contributed by atoms with Gasteiger partial charge >= 0.3 is 0 Å². The minimum Gasteiger partial charge on any atom is -0.496 e. The van der Waals surface area contributed by atoms with E-state index in [1.807, 2.05) is 24.3 Å². The Kier molecular flexibility index (Phi) is 5.05. The van der Waals surface area contributed by atoms with E-state index >= 15 is 0 Å². The number of halogens is 1. The average molecular weight is 290 g/mol. The highest BCUT2D eigenvalue weighted by atomic mass is 35.5. The Balaban J connectivity index is 2.08. The number of ether oxygens (including phenoxy) is 1. The van der Waals surface area contributed by atoms with Crippen LogP contribution >= 0.6 is 11.6 Å². The molecule has 2 nitrogen and oxygen atoms in total. The topological polar surface area (TPSA) is 21.3 Å². The molecule has 2 aromatic carbocycles. The first-order valence-corrected chi connectivity index (χ1v) is 7.10. The van der Waals surface area contributed by atoms with Crippen molar-refractivity contribution in [2.24, 2.45) is 0 Å². The van der Waals surface area contributed by atoms with Gasteiger partial charge in [0.15, 0.2) is 0 Å². The van der Waals surface area contributed by atoms with Gasteiger partial charge in [-0.25, -0.2) is 0 Å². The normalized spacial score (nSPS) is 12.2. The van der Waals surface area contributed by atoms with Crippen molar-refractivity contribution in [1.29, 1.82) is 0 Å². The van der Waals surface area contributed by atoms with Gasteiger partial charge in [0.25, 0.3) is 0 Å². The van der Waals surface area contributed by atoms with Gasteiger partial charge in [0.1, 0.15) is 5.75 Å². The van der Waals surface area contributed by atoms with E-state index in [1.54, 1.807) is 7.11 Å². The van der Waals surface area contributed by atoms with Gasteiger partial charge in [-0.05, 0) is 37.6 Å². The monoisotopic (exact) mass is 289 g/mol. The van der Waals surface area contributed by atoms with Crippen molar-refractivity contribution in [1.82, 2.24) is 5.32 Å². The van der Waals surface area contributed by atoms with E-state index in [2.05, 4.69) is 37.4 Å². The molecule has 0 saturated heterocycles. The fraction of sp³-hybridized carbons (Fsp3) is 0.294. The first kappa shape index (κ1) is 14.9. The molecule has 0 aliphatic rings. The molecule has 0 spiro atoms. The smallest absolute Gasteiger partial charge is 0.123 e. The summed E-state index contributed by atoms with van der Waals surface area (Å²) in [7, 11) is 1.71. The fourth-order valence-corrected chi connectivity index (χ4v) is 2.43. The molecular formula is C17H20ClNO. The van der Waals surface area contributed by atoms with Crippen LogP contribution < -0.4 is 10.1 Å². The summed E-state index contributed by atoms with van der Waals surface area (Å²) in [6.07, 6.45) is 0. The molecule has 3 heteroatoms. The Hall–Kier alpha value is -1.51. The van der Waals surface area contributed by atoms with Gasteiger partial charge in [-0.15, -0.1) is 0 Å². The number of benzene rings is 2. The third kappa shape index (κ3) is 3.75. The number of aryl methyl sites for hydroxylation is 1. The maximum Gasteiger partial charge on any atom is 0.123 e. The minimum absolute atomic E-state index is 0.212. The van der Waals surface area contributed by atoms with Gasteiger partial charge in [0.2, 0.25) is 0 Å². The molecule has 0 saturated carbocycles. The van der Waals surface area contributed by atoms with Crippen LogP contribution in [0.2, 0.25) is 5.02 Å². The molecule has 1 unspecified atom stereocenters. The van der Waals surface area contributed by atoms with Gasteiger partial charge in [-0.3, -0.25) is 0 Å². The molecule has 0 aliphatic carbocycles. The summed E-state index contributed by atoms with van der Waals surface area (Å²) in [4.78, 5) is 0. The molecule has 2 aromatic rings. The molecule has 0 amide bonds. The molecular weight excluding hydrogens is 270 g/mol. The first-order chi connectivity index (χ1) is 9.60. The highest BCUT2D eigenvalue weighted by Gasteiger charge is 2.11. The van der Waals surface area contributed by atoms with Crippen LogP contribution in [0, 0.1) is 6.92 Å². The Labute approximate surface area is 125 Å². The fourth-order valence-electron chi connectivity index (χ4n) is 2.22. The van der Waals surface area contributed by atoms with Gasteiger partial charge in [-0.1, -0.05) is 41.4 Å². The molecule has 20 heavy (non-hydrogen) atoms. The highest BCUT2D eigenvalue weighted by Crippen LogP contribution is 2.26. The summed E-state index contributed by atoms with van der Waals surface area (Å²) in [6.45, 7) is 5.01. The summed E-state index contributed by atoms with van der Waals surface area (Å²) in [5, 5.41) is 4.27. The summed E-state index contributed by atoms with van der Waals surface area (Å²) in [5.74, 6) is 0.918. The van der Waals surface area contributed by atoms with E-state index < -0.39 is 0 Å². The standard InChI is InChI=1S/C17H20ClNO/c1-12-7-8-17(20-3)16(9-12)13(2)19-11-14-5-4-6-15(18)10-14/h4-10,13,19H,11H2,1-3H3. The summed E-state index contributed by atoms with van der Waals surface area (Å²) >= 11 is 6.00. The molecule has 2 rings (SSSR count). The largest absolute Gasteiger partial charge is 0.496 e. The average Bonchev–Trinajstić information content (AvgIpc) is 2.45. The molecule has 1 N–H and O–H groups in total. The van der Waals surface area contributed by atoms with Crippen LogP contribution in [0.3, 0.4) is 0 Å². The zero-order valence-electron chi connectivity index (χ0n) is 12.1. The van der Waals surface area contributed by atoms with E-state index in [0.717, 1.165) is 17.3 Å². The maximum absolute atomic E-state index is 6.00. The van der Waals surface area contributed by atoms with Crippen molar-refractivity contribution in [2.45, 2.75) is 26.4 Å². The number of methoxy groups -OCH3 is 1. The summed E-state index contributed by atoms with van der Waals surface area (Å²) in [5.41, 5.74) is 3.59. The molecule has 0 aliphatic heterocycles. The molecule has 0 heterocycles. The van der Waals surface area contributed by atoms with Crippen LogP contribution in [-0.4, -0.2) is 7.11 Å². The summed E-state index contributed by atoms with van der Waals surface area (Å²) in [6, 6.07) is 14.4. The van der Waals surface area contributed by atoms with Crippen LogP contribution in [0.5, 0.6) is 5.75 Å². The zero-order valence-corrected chi connectivity index (χ0v) is 12.9. The lowest BCUT2D eigenvalue weighted by molar-refractivity contribution is 0.401. The SMILES string of the molecule is COc1ccc(C)cc1C(C)NCc1cccc(Cl)c1. The van der Waals surface area contributed by atoms with Crippen LogP contribution in [0.15, 0.2) is 42.5 Å². The quantitative estimate of drug-likeness (QED) is 0.874. The molecule has 106 valence electrons. The third-order valence-electron chi connectivity index (χ3n) is 3.35. The molecule has 0 aromatic heterocycles. The zero-order chi connectivity index (χ0) is 14.5. The van der Waals surface area contributed by atoms with Gasteiger partial charge in [0, 0.05) is 23.2 Å². The number of hydrogen-bond donors (Lipinski definition) is 1. The molecule has 0 bridgehead atoms. The second-order valence-electron chi connectivity index (χ2n) is 4.98. The maximum atomic E-state index is 6.00. The predicted molar refractivity (Wildman–Crippen MR) is 84.4 cm³/mol. The van der Waals surface area contributed by atoms with Crippen molar-refractivity contribution in [3.8, 4) is 5.75 Å². The predicted octanol–water partition coefficient (Wildman–Crippen LogP) is 4.51. The van der Waals surface area contributed by atoms with Gasteiger partial charge in [-0.2, -0.15) is 0 Å². The van der Waals surface area contributed by atoms with Gasteiger partial charge < -0.3 is 10.1 Å². The first-order valence-electron chi connectivity index (χ1n) is 6.72. The number of nitrogens with one attached hydrogen (secondary N) is 1. The Morgan fingerprint density at radius 1 is 1.20 bits per heavy atom. The van der Waals surface area contributed by atoms with Crippen molar-refractivity contribution in [2.75, 3.05) is 7.11 Å². The van der Waals surface area contributed by atoms with E-state index in [0.29, 0.717) is 0 Å². The summed E-state index contributed by atoms with van der Waals surface area (Å²) < 4.78 is 5.43. The Morgan fingerprint density at radius 2 is 2.00 bits per heavy atom. The minimum atomic E-state index is 0.212. The van der Waals surface area contributed by atoms with E-state index in [1.165, 1.54) is 16.7 Å².